The number of carbonyl (C=O) groups excluding carboxylic acids is 1. The van der Waals surface area contributed by atoms with Crippen molar-refractivity contribution >= 4 is 46.7 Å². The Morgan fingerprint density at radius 3 is 2.33 bits per heavy atom. The second-order valence-electron chi connectivity index (χ2n) is 6.04. The number of hydrogen-bond acceptors (Lipinski definition) is 3. The van der Waals surface area contributed by atoms with Crippen LogP contribution in [0.15, 0.2) is 82.6 Å². The summed E-state index contributed by atoms with van der Waals surface area (Å²) in [6.45, 7) is 2.03. The summed E-state index contributed by atoms with van der Waals surface area (Å²) in [4.78, 5) is 14.5. The van der Waals surface area contributed by atoms with E-state index in [-0.39, 0.29) is 5.91 Å². The van der Waals surface area contributed by atoms with Crippen molar-refractivity contribution in [1.29, 1.82) is 0 Å². The molecule has 138 valence electrons. The molecule has 0 fully saturated rings. The Labute approximate surface area is 173 Å². The number of carbonyl (C=O) groups is 1. The van der Waals surface area contributed by atoms with Crippen LogP contribution in [0.4, 0.5) is 5.69 Å². The van der Waals surface area contributed by atoms with E-state index < -0.39 is 0 Å². The minimum absolute atomic E-state index is 0.00976. The van der Waals surface area contributed by atoms with Crippen LogP contribution < -0.4 is 5.32 Å². The third-order valence-corrected chi connectivity index (χ3v) is 6.24. The first-order chi connectivity index (χ1) is 13.1. The largest absolute Gasteiger partial charge is 0.325 e. The summed E-state index contributed by atoms with van der Waals surface area (Å²) in [6, 6.07) is 24.1. The van der Waals surface area contributed by atoms with Crippen LogP contribution in [0.5, 0.6) is 0 Å². The second-order valence-corrected chi connectivity index (χ2v) is 8.58. The number of nitrogens with one attached hydrogen (secondary N) is 1. The van der Waals surface area contributed by atoms with Gasteiger partial charge in [-0.2, -0.15) is 0 Å². The van der Waals surface area contributed by atoms with Crippen molar-refractivity contribution in [3.8, 4) is 0 Å². The van der Waals surface area contributed by atoms with Crippen LogP contribution in [-0.4, -0.2) is 11.7 Å². The van der Waals surface area contributed by atoms with Crippen LogP contribution in [0, 0.1) is 6.92 Å². The minimum atomic E-state index is -0.00976. The molecule has 0 atom stereocenters. The van der Waals surface area contributed by atoms with Crippen molar-refractivity contribution in [3.05, 3.63) is 88.9 Å². The van der Waals surface area contributed by atoms with Gasteiger partial charge in [0.05, 0.1) is 5.75 Å². The van der Waals surface area contributed by atoms with E-state index in [1.807, 2.05) is 67.2 Å². The molecule has 0 heterocycles. The standard InChI is InChI=1S/C22H20ClNOS2/c1-16-13-17(14-26-19-5-3-2-4-6-19)7-12-21(16)24-22(25)15-27-20-10-8-18(23)9-11-20/h2-13H,14-15H2,1H3,(H,24,25). The maximum atomic E-state index is 12.2. The fraction of sp³-hybridized carbons (Fsp3) is 0.136. The van der Waals surface area contributed by atoms with Crippen molar-refractivity contribution in [2.75, 3.05) is 11.1 Å². The Balaban J connectivity index is 1.52. The molecule has 0 unspecified atom stereocenters. The maximum absolute atomic E-state index is 12.2. The van der Waals surface area contributed by atoms with Gasteiger partial charge in [0.1, 0.15) is 0 Å². The Morgan fingerprint density at radius 1 is 0.926 bits per heavy atom. The monoisotopic (exact) mass is 413 g/mol. The summed E-state index contributed by atoms with van der Waals surface area (Å²) in [7, 11) is 0. The lowest BCUT2D eigenvalue weighted by atomic mass is 10.1. The van der Waals surface area contributed by atoms with Crippen molar-refractivity contribution in [3.63, 3.8) is 0 Å². The predicted molar refractivity (Wildman–Crippen MR) is 118 cm³/mol. The Kier molecular flexibility index (Phi) is 7.27. The molecular formula is C22H20ClNOS2. The highest BCUT2D eigenvalue weighted by molar-refractivity contribution is 8.00. The Bertz CT molecular complexity index is 898. The summed E-state index contributed by atoms with van der Waals surface area (Å²) in [6.07, 6.45) is 0. The second kappa shape index (κ2) is 9.88. The molecule has 1 N–H and O–H groups in total. The minimum Gasteiger partial charge on any atom is -0.325 e. The first kappa shape index (κ1) is 19.9. The highest BCUT2D eigenvalue weighted by Gasteiger charge is 2.07. The maximum Gasteiger partial charge on any atom is 0.234 e. The van der Waals surface area contributed by atoms with Crippen molar-refractivity contribution in [1.82, 2.24) is 0 Å². The van der Waals surface area contributed by atoms with Gasteiger partial charge in [-0.3, -0.25) is 4.79 Å². The van der Waals surface area contributed by atoms with Gasteiger partial charge >= 0.3 is 0 Å². The molecular weight excluding hydrogens is 394 g/mol. The van der Waals surface area contributed by atoms with Crippen molar-refractivity contribution in [2.24, 2.45) is 0 Å². The number of anilines is 1. The van der Waals surface area contributed by atoms with E-state index in [2.05, 4.69) is 29.6 Å². The van der Waals surface area contributed by atoms with E-state index in [1.165, 1.54) is 22.2 Å². The molecule has 1 amide bonds. The molecule has 0 aromatic heterocycles. The molecule has 0 saturated heterocycles. The van der Waals surface area contributed by atoms with Gasteiger partial charge in [0.15, 0.2) is 0 Å². The van der Waals surface area contributed by atoms with Crippen LogP contribution in [0.1, 0.15) is 11.1 Å². The number of aryl methyl sites for hydroxylation is 1. The molecule has 0 aliphatic rings. The number of rotatable bonds is 7. The highest BCUT2D eigenvalue weighted by Crippen LogP contribution is 2.25. The first-order valence-electron chi connectivity index (χ1n) is 8.56. The average Bonchev–Trinajstić information content (AvgIpc) is 2.69. The van der Waals surface area contributed by atoms with Gasteiger partial charge in [0.2, 0.25) is 5.91 Å². The van der Waals surface area contributed by atoms with E-state index in [9.17, 15) is 4.79 Å². The summed E-state index contributed by atoms with van der Waals surface area (Å²) in [5.74, 6) is 1.27. The molecule has 3 aromatic rings. The molecule has 0 radical (unpaired) electrons. The van der Waals surface area contributed by atoms with Gasteiger partial charge in [-0.1, -0.05) is 41.9 Å². The lowest BCUT2D eigenvalue weighted by molar-refractivity contribution is -0.113. The summed E-state index contributed by atoms with van der Waals surface area (Å²) < 4.78 is 0. The molecule has 27 heavy (non-hydrogen) atoms. The summed E-state index contributed by atoms with van der Waals surface area (Å²) >= 11 is 9.18. The quantitative estimate of drug-likeness (QED) is 0.438. The van der Waals surface area contributed by atoms with Crippen molar-refractivity contribution in [2.45, 2.75) is 22.5 Å². The molecule has 0 aliphatic carbocycles. The van der Waals surface area contributed by atoms with Gasteiger partial charge in [-0.05, 0) is 60.5 Å². The third kappa shape index (κ3) is 6.35. The number of halogens is 1. The van der Waals surface area contributed by atoms with Crippen LogP contribution in [-0.2, 0) is 10.5 Å². The zero-order chi connectivity index (χ0) is 19.1. The number of amides is 1. The van der Waals surface area contributed by atoms with Crippen LogP contribution in [0.3, 0.4) is 0 Å². The molecule has 0 aliphatic heterocycles. The molecule has 0 bridgehead atoms. The average molecular weight is 414 g/mol. The fourth-order valence-electron chi connectivity index (χ4n) is 2.51. The molecule has 2 nitrogen and oxygen atoms in total. The van der Waals surface area contributed by atoms with Gasteiger partial charge in [0.25, 0.3) is 0 Å². The van der Waals surface area contributed by atoms with Crippen LogP contribution in [0.25, 0.3) is 0 Å². The Hall–Kier alpha value is -1.88. The lowest BCUT2D eigenvalue weighted by Gasteiger charge is -2.10. The normalized spacial score (nSPS) is 10.6. The van der Waals surface area contributed by atoms with E-state index >= 15 is 0 Å². The van der Waals surface area contributed by atoms with E-state index in [0.717, 1.165) is 21.9 Å². The highest BCUT2D eigenvalue weighted by atomic mass is 35.5. The van der Waals surface area contributed by atoms with E-state index in [0.29, 0.717) is 10.8 Å². The van der Waals surface area contributed by atoms with Gasteiger partial charge in [0, 0.05) is 26.3 Å². The van der Waals surface area contributed by atoms with Crippen LogP contribution >= 0.6 is 35.1 Å². The first-order valence-corrected chi connectivity index (χ1v) is 10.9. The molecule has 5 heteroatoms. The molecule has 3 aromatic carbocycles. The topological polar surface area (TPSA) is 29.1 Å². The molecule has 0 spiro atoms. The Morgan fingerprint density at radius 2 is 1.63 bits per heavy atom. The van der Waals surface area contributed by atoms with Gasteiger partial charge in [-0.25, -0.2) is 0 Å². The number of thioether (sulfide) groups is 2. The third-order valence-electron chi connectivity index (χ3n) is 3.90. The zero-order valence-corrected chi connectivity index (χ0v) is 17.3. The zero-order valence-electron chi connectivity index (χ0n) is 14.9. The summed E-state index contributed by atoms with van der Waals surface area (Å²) in [5, 5.41) is 3.70. The number of hydrogen-bond donors (Lipinski definition) is 1. The predicted octanol–water partition coefficient (Wildman–Crippen LogP) is 6.67. The lowest BCUT2D eigenvalue weighted by Crippen LogP contribution is -2.14. The molecule has 0 saturated carbocycles. The van der Waals surface area contributed by atoms with Gasteiger partial charge < -0.3 is 5.32 Å². The summed E-state index contributed by atoms with van der Waals surface area (Å²) in [5.41, 5.74) is 3.19. The van der Waals surface area contributed by atoms with Gasteiger partial charge in [-0.15, -0.1) is 23.5 Å². The van der Waals surface area contributed by atoms with E-state index in [1.54, 1.807) is 0 Å². The number of benzene rings is 3. The van der Waals surface area contributed by atoms with Crippen molar-refractivity contribution < 1.29 is 4.79 Å². The van der Waals surface area contributed by atoms with Crippen LogP contribution in [0.2, 0.25) is 5.02 Å². The molecule has 3 rings (SSSR count). The smallest absolute Gasteiger partial charge is 0.234 e. The SMILES string of the molecule is Cc1cc(CSc2ccccc2)ccc1NC(=O)CSc1ccc(Cl)cc1. The fourth-order valence-corrected chi connectivity index (χ4v) is 4.19. The van der Waals surface area contributed by atoms with E-state index in [4.69, 9.17) is 11.6 Å².